The molecule has 28 heavy (non-hydrogen) atoms. The Morgan fingerprint density at radius 1 is 0.857 bits per heavy atom. The summed E-state index contributed by atoms with van der Waals surface area (Å²) in [4.78, 5) is 21.8. The van der Waals surface area contributed by atoms with Crippen LogP contribution in [0.3, 0.4) is 0 Å². The lowest BCUT2D eigenvalue weighted by atomic mass is 10.0. The van der Waals surface area contributed by atoms with Crippen LogP contribution >= 0.6 is 11.3 Å². The van der Waals surface area contributed by atoms with Crippen molar-refractivity contribution in [2.75, 3.05) is 5.32 Å². The van der Waals surface area contributed by atoms with Crippen molar-refractivity contribution in [2.24, 2.45) is 0 Å². The molecule has 0 spiro atoms. The monoisotopic (exact) mass is 383 g/mol. The number of amides is 1. The van der Waals surface area contributed by atoms with E-state index in [0.717, 1.165) is 22.5 Å². The third-order valence-electron chi connectivity index (χ3n) is 4.09. The van der Waals surface area contributed by atoms with Gasteiger partial charge in [-0.05, 0) is 29.3 Å². The van der Waals surface area contributed by atoms with Crippen LogP contribution in [-0.2, 0) is 4.79 Å². The molecule has 1 amide bonds. The van der Waals surface area contributed by atoms with E-state index in [1.807, 2.05) is 90.3 Å². The molecule has 2 aromatic carbocycles. The van der Waals surface area contributed by atoms with E-state index in [2.05, 4.69) is 15.3 Å². The molecule has 0 bridgehead atoms. The molecule has 0 aliphatic heterocycles. The van der Waals surface area contributed by atoms with Crippen molar-refractivity contribution in [2.45, 2.75) is 0 Å². The highest BCUT2D eigenvalue weighted by Crippen LogP contribution is 2.25. The maximum atomic E-state index is 13.0. The normalized spacial score (nSPS) is 11.2. The van der Waals surface area contributed by atoms with Crippen LogP contribution in [0.25, 0.3) is 23.0 Å². The number of thiazole rings is 1. The zero-order valence-corrected chi connectivity index (χ0v) is 15.8. The second-order valence-electron chi connectivity index (χ2n) is 6.04. The first-order valence-electron chi connectivity index (χ1n) is 8.80. The molecule has 1 N–H and O–H groups in total. The summed E-state index contributed by atoms with van der Waals surface area (Å²) in [5.74, 6) is -0.197. The summed E-state index contributed by atoms with van der Waals surface area (Å²) in [5.41, 5.74) is 3.92. The van der Waals surface area contributed by atoms with E-state index in [0.29, 0.717) is 10.7 Å². The lowest BCUT2D eigenvalue weighted by Crippen LogP contribution is -2.13. The molecule has 0 saturated carbocycles. The first-order chi connectivity index (χ1) is 13.8. The van der Waals surface area contributed by atoms with Gasteiger partial charge in [-0.25, -0.2) is 4.98 Å². The summed E-state index contributed by atoms with van der Waals surface area (Å²) < 4.78 is 0. The highest BCUT2D eigenvalue weighted by Gasteiger charge is 2.15. The van der Waals surface area contributed by atoms with Gasteiger partial charge in [-0.2, -0.15) is 0 Å². The number of hydrogen-bond donors (Lipinski definition) is 1. The summed E-state index contributed by atoms with van der Waals surface area (Å²) in [6.45, 7) is 0. The molecule has 0 aliphatic rings. The summed E-state index contributed by atoms with van der Waals surface area (Å²) in [5, 5.41) is 5.36. The van der Waals surface area contributed by atoms with E-state index in [9.17, 15) is 4.79 Å². The van der Waals surface area contributed by atoms with E-state index in [4.69, 9.17) is 0 Å². The average Bonchev–Trinajstić information content (AvgIpc) is 3.22. The fourth-order valence-corrected chi connectivity index (χ4v) is 3.44. The van der Waals surface area contributed by atoms with Crippen LogP contribution in [0, 0.1) is 0 Å². The Kier molecular flexibility index (Phi) is 5.36. The largest absolute Gasteiger partial charge is 0.298 e. The molecular formula is C23H17N3OS. The molecule has 4 nitrogen and oxygen atoms in total. The minimum absolute atomic E-state index is 0.197. The summed E-state index contributed by atoms with van der Waals surface area (Å²) in [7, 11) is 0. The van der Waals surface area contributed by atoms with E-state index in [-0.39, 0.29) is 5.91 Å². The predicted molar refractivity (Wildman–Crippen MR) is 115 cm³/mol. The number of carbonyl (C=O) groups excluding carboxylic acids is 1. The van der Waals surface area contributed by atoms with Gasteiger partial charge in [0.25, 0.3) is 5.91 Å². The number of aromatic nitrogens is 2. The van der Waals surface area contributed by atoms with E-state index in [1.54, 1.807) is 6.20 Å². The van der Waals surface area contributed by atoms with Gasteiger partial charge in [0.1, 0.15) is 5.69 Å². The first-order valence-corrected chi connectivity index (χ1v) is 9.68. The van der Waals surface area contributed by atoms with Gasteiger partial charge in [0.15, 0.2) is 5.13 Å². The first kappa shape index (κ1) is 17.8. The van der Waals surface area contributed by atoms with Gasteiger partial charge in [-0.1, -0.05) is 66.7 Å². The van der Waals surface area contributed by atoms with Crippen molar-refractivity contribution in [3.05, 3.63) is 102 Å². The molecule has 5 heteroatoms. The molecule has 0 aliphatic carbocycles. The minimum atomic E-state index is -0.197. The second-order valence-corrected chi connectivity index (χ2v) is 6.90. The summed E-state index contributed by atoms with van der Waals surface area (Å²) in [6.07, 6.45) is 3.61. The van der Waals surface area contributed by atoms with Crippen molar-refractivity contribution in [1.82, 2.24) is 9.97 Å². The quantitative estimate of drug-likeness (QED) is 0.372. The number of rotatable bonds is 5. The molecule has 2 heterocycles. The van der Waals surface area contributed by atoms with Crippen molar-refractivity contribution in [3.8, 4) is 11.4 Å². The molecule has 0 atom stereocenters. The van der Waals surface area contributed by atoms with E-state index >= 15 is 0 Å². The highest BCUT2D eigenvalue weighted by atomic mass is 32.1. The average molecular weight is 383 g/mol. The zero-order valence-electron chi connectivity index (χ0n) is 14.9. The Labute approximate surface area is 167 Å². The van der Waals surface area contributed by atoms with Gasteiger partial charge in [0.2, 0.25) is 0 Å². The number of hydrogen-bond acceptors (Lipinski definition) is 4. The molecule has 0 unspecified atom stereocenters. The molecule has 0 radical (unpaired) electrons. The van der Waals surface area contributed by atoms with Crippen molar-refractivity contribution in [1.29, 1.82) is 0 Å². The van der Waals surface area contributed by atoms with Gasteiger partial charge in [0.05, 0.1) is 5.69 Å². The smallest absolute Gasteiger partial charge is 0.258 e. The van der Waals surface area contributed by atoms with Crippen LogP contribution < -0.4 is 5.32 Å². The Morgan fingerprint density at radius 3 is 2.29 bits per heavy atom. The molecule has 136 valence electrons. The van der Waals surface area contributed by atoms with Gasteiger partial charge < -0.3 is 0 Å². The number of anilines is 1. The van der Waals surface area contributed by atoms with Gasteiger partial charge in [-0.15, -0.1) is 11.3 Å². The zero-order chi connectivity index (χ0) is 19.2. The molecular weight excluding hydrogens is 366 g/mol. The number of benzene rings is 2. The number of carbonyl (C=O) groups is 1. The van der Waals surface area contributed by atoms with Crippen molar-refractivity contribution < 1.29 is 4.79 Å². The second kappa shape index (κ2) is 8.41. The van der Waals surface area contributed by atoms with Crippen LogP contribution in [0.4, 0.5) is 5.13 Å². The minimum Gasteiger partial charge on any atom is -0.298 e. The van der Waals surface area contributed by atoms with Gasteiger partial charge in [-0.3, -0.25) is 15.1 Å². The van der Waals surface area contributed by atoms with Crippen molar-refractivity contribution in [3.63, 3.8) is 0 Å². The topological polar surface area (TPSA) is 54.9 Å². The lowest BCUT2D eigenvalue weighted by Gasteiger charge is -2.08. The summed E-state index contributed by atoms with van der Waals surface area (Å²) >= 11 is 1.38. The maximum Gasteiger partial charge on any atom is 0.258 e. The third kappa shape index (κ3) is 4.22. The predicted octanol–water partition coefficient (Wildman–Crippen LogP) is 5.38. The van der Waals surface area contributed by atoms with Crippen LogP contribution in [0.2, 0.25) is 0 Å². The Hall–Kier alpha value is -3.57. The van der Waals surface area contributed by atoms with Crippen LogP contribution in [-0.4, -0.2) is 15.9 Å². The van der Waals surface area contributed by atoms with Crippen LogP contribution in [0.1, 0.15) is 11.1 Å². The molecule has 2 aromatic heterocycles. The Balaban J connectivity index is 1.62. The Morgan fingerprint density at radius 2 is 1.57 bits per heavy atom. The number of pyridine rings is 1. The van der Waals surface area contributed by atoms with Crippen LogP contribution in [0.5, 0.6) is 0 Å². The fourth-order valence-electron chi connectivity index (χ4n) is 2.74. The Bertz CT molecular complexity index is 1090. The van der Waals surface area contributed by atoms with E-state index < -0.39 is 0 Å². The third-order valence-corrected chi connectivity index (χ3v) is 4.85. The van der Waals surface area contributed by atoms with Crippen molar-refractivity contribution >= 4 is 34.0 Å². The lowest BCUT2D eigenvalue weighted by molar-refractivity contribution is -0.111. The van der Waals surface area contributed by atoms with Gasteiger partial charge >= 0.3 is 0 Å². The summed E-state index contributed by atoms with van der Waals surface area (Å²) in [6, 6.07) is 25.1. The molecule has 0 saturated heterocycles. The molecule has 4 rings (SSSR count). The SMILES string of the molecule is O=C(Nc1nc(-c2ccccn2)cs1)/C(=C\c1ccccc1)c1ccccc1. The standard InChI is InChI=1S/C23H17N3OS/c27-22(26-23-25-21(16-28-23)20-13-7-8-14-24-20)19(18-11-5-2-6-12-18)15-17-9-3-1-4-10-17/h1-16H,(H,25,26,27)/b19-15-. The van der Waals surface area contributed by atoms with Gasteiger partial charge in [0, 0.05) is 17.2 Å². The number of nitrogens with one attached hydrogen (secondary N) is 1. The fraction of sp³-hybridized carbons (Fsp3) is 0. The number of nitrogens with zero attached hydrogens (tertiary/aromatic N) is 2. The highest BCUT2D eigenvalue weighted by molar-refractivity contribution is 7.14. The molecule has 4 aromatic rings. The molecule has 0 fully saturated rings. The van der Waals surface area contributed by atoms with E-state index in [1.165, 1.54) is 11.3 Å². The van der Waals surface area contributed by atoms with Crippen LogP contribution in [0.15, 0.2) is 90.4 Å². The maximum absolute atomic E-state index is 13.0.